The molecule has 7 heteroatoms. The number of anilines is 1. The fraction of sp³-hybridized carbons (Fsp3) is 0.524. The summed E-state index contributed by atoms with van der Waals surface area (Å²) in [4.78, 5) is 29.3. The number of halogens is 1. The predicted octanol–water partition coefficient (Wildman–Crippen LogP) is 3.44. The summed E-state index contributed by atoms with van der Waals surface area (Å²) in [6.45, 7) is 7.07. The molecule has 0 aliphatic carbocycles. The van der Waals surface area contributed by atoms with E-state index in [1.54, 1.807) is 36.2 Å². The number of fused-ring (bicyclic) bond motifs is 2. The third kappa shape index (κ3) is 3.23. The second kappa shape index (κ2) is 6.79. The normalized spacial score (nSPS) is 24.3. The molecule has 0 radical (unpaired) electrons. The molecule has 0 spiro atoms. The van der Waals surface area contributed by atoms with E-state index in [2.05, 4.69) is 4.90 Å². The molecule has 2 aliphatic rings. The topological polar surface area (TPSA) is 64.1 Å². The molecular weight excluding hydrogens is 361 g/mol. The highest BCUT2D eigenvalue weighted by Gasteiger charge is 2.61. The van der Waals surface area contributed by atoms with Crippen molar-refractivity contribution in [3.8, 4) is 0 Å². The molecule has 1 aromatic carbocycles. The zero-order valence-corrected chi connectivity index (χ0v) is 17.1. The Labute approximate surface area is 165 Å². The molecule has 3 rings (SSSR count). The van der Waals surface area contributed by atoms with E-state index in [1.165, 1.54) is 18.2 Å². The maximum absolute atomic E-state index is 14.7. The average molecular weight is 389 g/mol. The van der Waals surface area contributed by atoms with Crippen molar-refractivity contribution in [1.29, 1.82) is 0 Å². The average Bonchev–Trinajstić information content (AvgIpc) is 3.16. The molecule has 0 saturated carbocycles. The quantitative estimate of drug-likeness (QED) is 0.631. The molecule has 6 nitrogen and oxygen atoms in total. The first-order valence-electron chi connectivity index (χ1n) is 9.42. The molecule has 0 unspecified atom stereocenters. The van der Waals surface area contributed by atoms with Crippen molar-refractivity contribution in [3.05, 3.63) is 41.9 Å². The Morgan fingerprint density at radius 3 is 2.54 bits per heavy atom. The summed E-state index contributed by atoms with van der Waals surface area (Å²) in [5.41, 5.74) is -0.0424. The van der Waals surface area contributed by atoms with Crippen LogP contribution in [-0.4, -0.2) is 65.5 Å². The molecule has 2 fully saturated rings. The zero-order valence-electron chi connectivity index (χ0n) is 17.1. The van der Waals surface area contributed by atoms with Gasteiger partial charge in [-0.1, -0.05) is 20.8 Å². The number of allylic oxidation sites excluding steroid dienone is 1. The molecule has 28 heavy (non-hydrogen) atoms. The summed E-state index contributed by atoms with van der Waals surface area (Å²) < 4.78 is 14.7. The minimum Gasteiger partial charge on any atom is -0.465 e. The molecule has 0 aromatic heterocycles. The van der Waals surface area contributed by atoms with E-state index in [0.29, 0.717) is 18.8 Å². The summed E-state index contributed by atoms with van der Waals surface area (Å²) in [6.07, 6.45) is 2.74. The third-order valence-corrected chi connectivity index (χ3v) is 6.06. The van der Waals surface area contributed by atoms with E-state index in [-0.39, 0.29) is 22.8 Å². The van der Waals surface area contributed by atoms with Crippen LogP contribution in [0.1, 0.15) is 37.6 Å². The van der Waals surface area contributed by atoms with Crippen molar-refractivity contribution >= 4 is 17.6 Å². The number of benzene rings is 1. The standard InChI is InChI=1S/C21H28FN3O3/c1-20(2,3)21-11-15(12-25(21)19(27)28)24(13-21)14-6-7-16(17(22)10-14)18(26)8-9-23(4)5/h6-10,15H,11-13H2,1-5H3,(H,27,28)/t15-,21+/m0/s1. The molecule has 1 aromatic rings. The highest BCUT2D eigenvalue weighted by molar-refractivity contribution is 6.04. The van der Waals surface area contributed by atoms with Crippen LogP contribution in [0, 0.1) is 11.2 Å². The number of ketones is 1. The largest absolute Gasteiger partial charge is 0.465 e. The molecular formula is C21H28FN3O3. The Bertz CT molecular complexity index is 831. The van der Waals surface area contributed by atoms with Gasteiger partial charge in [0.2, 0.25) is 0 Å². The summed E-state index contributed by atoms with van der Waals surface area (Å²) in [6, 6.07) is 4.66. The number of carboxylic acid groups (broad SMARTS) is 1. The number of carbonyl (C=O) groups is 2. The lowest BCUT2D eigenvalue weighted by molar-refractivity contribution is 0.0363. The number of amides is 1. The van der Waals surface area contributed by atoms with E-state index in [0.717, 1.165) is 6.42 Å². The summed E-state index contributed by atoms with van der Waals surface area (Å²) in [5.74, 6) is -0.947. The van der Waals surface area contributed by atoms with Gasteiger partial charge in [0.1, 0.15) is 5.82 Å². The van der Waals surface area contributed by atoms with Crippen LogP contribution in [0.2, 0.25) is 0 Å². The second-order valence-electron chi connectivity index (χ2n) is 8.97. The highest BCUT2D eigenvalue weighted by atomic mass is 19.1. The lowest BCUT2D eigenvalue weighted by Gasteiger charge is -2.48. The first-order chi connectivity index (χ1) is 13.0. The van der Waals surface area contributed by atoms with Crippen molar-refractivity contribution in [2.24, 2.45) is 5.41 Å². The first-order valence-corrected chi connectivity index (χ1v) is 9.42. The molecule has 2 bridgehead atoms. The maximum atomic E-state index is 14.7. The van der Waals surface area contributed by atoms with Gasteiger partial charge in [-0.25, -0.2) is 9.18 Å². The van der Waals surface area contributed by atoms with Gasteiger partial charge in [0.15, 0.2) is 5.78 Å². The number of piperazine rings is 1. The minimum absolute atomic E-state index is 0.00455. The minimum atomic E-state index is -0.906. The van der Waals surface area contributed by atoms with E-state index < -0.39 is 17.4 Å². The Kier molecular flexibility index (Phi) is 4.89. The van der Waals surface area contributed by atoms with Gasteiger partial charge in [-0.05, 0) is 30.0 Å². The number of carbonyl (C=O) groups excluding carboxylic acids is 1. The molecule has 2 saturated heterocycles. The van der Waals surface area contributed by atoms with Gasteiger partial charge in [-0.3, -0.25) is 9.69 Å². The Hall–Kier alpha value is -2.57. The van der Waals surface area contributed by atoms with Gasteiger partial charge >= 0.3 is 6.09 Å². The van der Waals surface area contributed by atoms with Crippen molar-refractivity contribution in [2.75, 3.05) is 32.1 Å². The van der Waals surface area contributed by atoms with E-state index in [4.69, 9.17) is 0 Å². The molecule has 1 N–H and O–H groups in total. The van der Waals surface area contributed by atoms with E-state index >= 15 is 0 Å². The zero-order chi connectivity index (χ0) is 20.9. The Morgan fingerprint density at radius 2 is 2.00 bits per heavy atom. The van der Waals surface area contributed by atoms with Crippen LogP contribution in [0.4, 0.5) is 14.9 Å². The van der Waals surface area contributed by atoms with Gasteiger partial charge in [0.05, 0.1) is 11.1 Å². The summed E-state index contributed by atoms with van der Waals surface area (Å²) >= 11 is 0. The van der Waals surface area contributed by atoms with Crippen LogP contribution >= 0.6 is 0 Å². The van der Waals surface area contributed by atoms with Crippen molar-refractivity contribution in [2.45, 2.75) is 38.8 Å². The predicted molar refractivity (Wildman–Crippen MR) is 106 cm³/mol. The van der Waals surface area contributed by atoms with Crippen LogP contribution in [0.15, 0.2) is 30.5 Å². The Morgan fingerprint density at radius 1 is 1.32 bits per heavy atom. The van der Waals surface area contributed by atoms with Gasteiger partial charge < -0.3 is 14.9 Å². The summed E-state index contributed by atoms with van der Waals surface area (Å²) in [7, 11) is 3.58. The number of nitrogens with zero attached hydrogens (tertiary/aromatic N) is 3. The molecule has 2 aliphatic heterocycles. The van der Waals surface area contributed by atoms with Crippen LogP contribution in [0.3, 0.4) is 0 Å². The fourth-order valence-corrected chi connectivity index (χ4v) is 4.42. The Balaban J connectivity index is 1.87. The monoisotopic (exact) mass is 389 g/mol. The molecule has 1 amide bonds. The van der Waals surface area contributed by atoms with E-state index in [1.807, 2.05) is 20.8 Å². The van der Waals surface area contributed by atoms with E-state index in [9.17, 15) is 19.1 Å². The third-order valence-electron chi connectivity index (χ3n) is 6.06. The van der Waals surface area contributed by atoms with Crippen molar-refractivity contribution in [3.63, 3.8) is 0 Å². The maximum Gasteiger partial charge on any atom is 0.407 e. The van der Waals surface area contributed by atoms with Crippen molar-refractivity contribution < 1.29 is 19.1 Å². The van der Waals surface area contributed by atoms with Gasteiger partial charge in [0, 0.05) is 51.2 Å². The molecule has 2 heterocycles. The number of hydrogen-bond donors (Lipinski definition) is 1. The second-order valence-corrected chi connectivity index (χ2v) is 8.97. The molecule has 2 atom stereocenters. The lowest BCUT2D eigenvalue weighted by atomic mass is 9.73. The lowest BCUT2D eigenvalue weighted by Crippen LogP contribution is -2.61. The SMILES string of the molecule is CN(C)C=CC(=O)c1ccc(N2C[C@@]3(C(C)(C)C)C[C@H]2CN3C(=O)O)cc1F. The van der Waals surface area contributed by atoms with Crippen LogP contribution in [0.5, 0.6) is 0 Å². The fourth-order valence-electron chi connectivity index (χ4n) is 4.42. The number of rotatable bonds is 4. The number of likely N-dealkylation sites (tertiary alicyclic amines) is 1. The highest BCUT2D eigenvalue weighted by Crippen LogP contribution is 2.51. The van der Waals surface area contributed by atoms with Gasteiger partial charge in [-0.15, -0.1) is 0 Å². The van der Waals surface area contributed by atoms with Crippen LogP contribution in [0.25, 0.3) is 0 Å². The first kappa shape index (κ1) is 20.2. The van der Waals surface area contributed by atoms with Crippen molar-refractivity contribution in [1.82, 2.24) is 9.80 Å². The molecule has 152 valence electrons. The van der Waals surface area contributed by atoms with Crippen LogP contribution < -0.4 is 4.90 Å². The number of hydrogen-bond acceptors (Lipinski definition) is 4. The smallest absolute Gasteiger partial charge is 0.407 e. The van der Waals surface area contributed by atoms with Gasteiger partial charge in [0.25, 0.3) is 0 Å². The van der Waals surface area contributed by atoms with Gasteiger partial charge in [-0.2, -0.15) is 0 Å². The summed E-state index contributed by atoms with van der Waals surface area (Å²) in [5, 5.41) is 9.65. The van der Waals surface area contributed by atoms with Crippen LogP contribution in [-0.2, 0) is 0 Å².